The summed E-state index contributed by atoms with van der Waals surface area (Å²) in [6, 6.07) is 5.68. The molecule has 0 aromatic heterocycles. The molecule has 2 rings (SSSR count). The Morgan fingerprint density at radius 1 is 1.45 bits per heavy atom. The predicted molar refractivity (Wildman–Crippen MR) is 85.9 cm³/mol. The van der Waals surface area contributed by atoms with E-state index in [9.17, 15) is 4.79 Å². The molecule has 1 fully saturated rings. The molecule has 0 bridgehead atoms. The molecule has 1 aromatic carbocycles. The van der Waals surface area contributed by atoms with Crippen LogP contribution in [-0.2, 0) is 9.53 Å². The minimum absolute atomic E-state index is 0.101. The van der Waals surface area contributed by atoms with Crippen molar-refractivity contribution in [2.45, 2.75) is 31.0 Å². The standard InChI is InChI=1S/C14H19BrN2O2S/c1-9-6-17(7-10(2)19-9)14(18)8-20-13-5-11(15)3-4-12(13)16/h3-5,9-10H,6-8,16H2,1-2H3. The zero-order chi connectivity index (χ0) is 14.7. The van der Waals surface area contributed by atoms with Gasteiger partial charge in [0.1, 0.15) is 0 Å². The normalized spacial score (nSPS) is 22.9. The summed E-state index contributed by atoms with van der Waals surface area (Å²) < 4.78 is 6.61. The molecule has 1 amide bonds. The second-order valence-electron chi connectivity index (χ2n) is 5.03. The number of nitrogens with two attached hydrogens (primary N) is 1. The van der Waals surface area contributed by atoms with E-state index >= 15 is 0 Å². The monoisotopic (exact) mass is 358 g/mol. The van der Waals surface area contributed by atoms with E-state index in [4.69, 9.17) is 10.5 Å². The van der Waals surface area contributed by atoms with E-state index in [0.717, 1.165) is 9.37 Å². The largest absolute Gasteiger partial charge is 0.398 e. The first-order valence-electron chi connectivity index (χ1n) is 6.56. The van der Waals surface area contributed by atoms with E-state index in [-0.39, 0.29) is 18.1 Å². The van der Waals surface area contributed by atoms with Crippen molar-refractivity contribution in [1.82, 2.24) is 4.90 Å². The fourth-order valence-electron chi connectivity index (χ4n) is 2.25. The van der Waals surface area contributed by atoms with Crippen LogP contribution in [0, 0.1) is 0 Å². The van der Waals surface area contributed by atoms with Gasteiger partial charge in [-0.05, 0) is 32.0 Å². The third kappa shape index (κ3) is 4.14. The zero-order valence-electron chi connectivity index (χ0n) is 11.6. The first kappa shape index (κ1) is 15.7. The Balaban J connectivity index is 1.93. The van der Waals surface area contributed by atoms with Crippen molar-refractivity contribution in [1.29, 1.82) is 0 Å². The van der Waals surface area contributed by atoms with Crippen molar-refractivity contribution in [2.75, 3.05) is 24.6 Å². The van der Waals surface area contributed by atoms with E-state index in [1.54, 1.807) is 0 Å². The van der Waals surface area contributed by atoms with Gasteiger partial charge in [-0.2, -0.15) is 0 Å². The minimum Gasteiger partial charge on any atom is -0.398 e. The fourth-order valence-corrected chi connectivity index (χ4v) is 3.66. The number of nitrogen functional groups attached to an aromatic ring is 1. The summed E-state index contributed by atoms with van der Waals surface area (Å²) in [5.41, 5.74) is 6.62. The van der Waals surface area contributed by atoms with Crippen molar-refractivity contribution in [3.8, 4) is 0 Å². The van der Waals surface area contributed by atoms with Gasteiger partial charge in [-0.25, -0.2) is 0 Å². The van der Waals surface area contributed by atoms with E-state index < -0.39 is 0 Å². The molecular formula is C14H19BrN2O2S. The van der Waals surface area contributed by atoms with Crippen LogP contribution in [0.15, 0.2) is 27.6 Å². The number of benzene rings is 1. The number of morpholine rings is 1. The van der Waals surface area contributed by atoms with E-state index in [1.807, 2.05) is 36.9 Å². The SMILES string of the molecule is CC1CN(C(=O)CSc2cc(Br)ccc2N)CC(C)O1. The topological polar surface area (TPSA) is 55.6 Å². The Hall–Kier alpha value is -0.720. The number of anilines is 1. The summed E-state index contributed by atoms with van der Waals surface area (Å²) in [4.78, 5) is 15.1. The highest BCUT2D eigenvalue weighted by molar-refractivity contribution is 9.10. The highest BCUT2D eigenvalue weighted by atomic mass is 79.9. The number of hydrogen-bond acceptors (Lipinski definition) is 4. The van der Waals surface area contributed by atoms with Gasteiger partial charge in [-0.3, -0.25) is 4.79 Å². The molecule has 2 N–H and O–H groups in total. The van der Waals surface area contributed by atoms with Gasteiger partial charge in [0.15, 0.2) is 0 Å². The molecule has 0 spiro atoms. The van der Waals surface area contributed by atoms with Gasteiger partial charge >= 0.3 is 0 Å². The Morgan fingerprint density at radius 2 is 2.10 bits per heavy atom. The summed E-state index contributed by atoms with van der Waals surface area (Å²) >= 11 is 4.89. The number of amides is 1. The Kier molecular flexibility index (Phi) is 5.35. The summed E-state index contributed by atoms with van der Waals surface area (Å²) in [5.74, 6) is 0.538. The van der Waals surface area contributed by atoms with Gasteiger partial charge in [0.2, 0.25) is 5.91 Å². The maximum absolute atomic E-state index is 12.3. The molecule has 0 radical (unpaired) electrons. The number of nitrogens with zero attached hydrogens (tertiary/aromatic N) is 1. The van der Waals surface area contributed by atoms with Gasteiger partial charge in [-0.15, -0.1) is 11.8 Å². The molecule has 1 aliphatic rings. The second kappa shape index (κ2) is 6.83. The molecule has 110 valence electrons. The molecule has 6 heteroatoms. The molecule has 20 heavy (non-hydrogen) atoms. The molecule has 1 heterocycles. The van der Waals surface area contributed by atoms with Crippen molar-refractivity contribution in [2.24, 2.45) is 0 Å². The van der Waals surface area contributed by atoms with Crippen molar-refractivity contribution in [3.05, 3.63) is 22.7 Å². The molecule has 0 saturated carbocycles. The van der Waals surface area contributed by atoms with Crippen LogP contribution < -0.4 is 5.73 Å². The van der Waals surface area contributed by atoms with Crippen molar-refractivity contribution >= 4 is 39.3 Å². The van der Waals surface area contributed by atoms with Gasteiger partial charge in [-0.1, -0.05) is 15.9 Å². The van der Waals surface area contributed by atoms with Crippen LogP contribution in [0.4, 0.5) is 5.69 Å². The van der Waals surface area contributed by atoms with Gasteiger partial charge in [0, 0.05) is 28.1 Å². The molecule has 2 atom stereocenters. The summed E-state index contributed by atoms with van der Waals surface area (Å²) in [7, 11) is 0. The number of halogens is 1. The van der Waals surface area contributed by atoms with Gasteiger partial charge < -0.3 is 15.4 Å². The lowest BCUT2D eigenvalue weighted by Gasteiger charge is -2.35. The number of thioether (sulfide) groups is 1. The average molecular weight is 359 g/mol. The number of carbonyl (C=O) groups is 1. The first-order chi connectivity index (χ1) is 9.45. The molecular weight excluding hydrogens is 340 g/mol. The zero-order valence-corrected chi connectivity index (χ0v) is 14.0. The minimum atomic E-state index is 0.101. The van der Waals surface area contributed by atoms with Gasteiger partial charge in [0.05, 0.1) is 18.0 Å². The third-order valence-corrected chi connectivity index (χ3v) is 4.65. The van der Waals surface area contributed by atoms with Crippen LogP contribution in [-0.4, -0.2) is 41.9 Å². The maximum Gasteiger partial charge on any atom is 0.233 e. The Labute approximate surface area is 132 Å². The number of rotatable bonds is 3. The Bertz CT molecular complexity index is 488. The van der Waals surface area contributed by atoms with Gasteiger partial charge in [0.25, 0.3) is 0 Å². The van der Waals surface area contributed by atoms with Crippen LogP contribution in [0.25, 0.3) is 0 Å². The number of carbonyl (C=O) groups excluding carboxylic acids is 1. The van der Waals surface area contributed by atoms with Crippen LogP contribution >= 0.6 is 27.7 Å². The number of ether oxygens (including phenoxy) is 1. The molecule has 1 saturated heterocycles. The molecule has 1 aliphatic heterocycles. The predicted octanol–water partition coefficient (Wildman–Crippen LogP) is 2.76. The lowest BCUT2D eigenvalue weighted by molar-refractivity contribution is -0.140. The molecule has 1 aromatic rings. The van der Waals surface area contributed by atoms with Crippen LogP contribution in [0.3, 0.4) is 0 Å². The van der Waals surface area contributed by atoms with Crippen LogP contribution in [0.1, 0.15) is 13.8 Å². The second-order valence-corrected chi connectivity index (χ2v) is 6.96. The molecule has 0 aliphatic carbocycles. The smallest absolute Gasteiger partial charge is 0.233 e. The lowest BCUT2D eigenvalue weighted by atomic mass is 10.2. The average Bonchev–Trinajstić information content (AvgIpc) is 2.38. The summed E-state index contributed by atoms with van der Waals surface area (Å²) in [6.07, 6.45) is 0.201. The van der Waals surface area contributed by atoms with Crippen LogP contribution in [0.2, 0.25) is 0 Å². The number of hydrogen-bond donors (Lipinski definition) is 1. The van der Waals surface area contributed by atoms with E-state index in [0.29, 0.717) is 24.5 Å². The third-order valence-electron chi connectivity index (χ3n) is 3.10. The highest BCUT2D eigenvalue weighted by Gasteiger charge is 2.25. The summed E-state index contributed by atoms with van der Waals surface area (Å²) in [5, 5.41) is 0. The van der Waals surface area contributed by atoms with Crippen molar-refractivity contribution in [3.63, 3.8) is 0 Å². The quantitative estimate of drug-likeness (QED) is 0.666. The Morgan fingerprint density at radius 3 is 2.75 bits per heavy atom. The van der Waals surface area contributed by atoms with Crippen molar-refractivity contribution < 1.29 is 9.53 Å². The van der Waals surface area contributed by atoms with Crippen LogP contribution in [0.5, 0.6) is 0 Å². The van der Waals surface area contributed by atoms with E-state index in [2.05, 4.69) is 15.9 Å². The van der Waals surface area contributed by atoms with E-state index in [1.165, 1.54) is 11.8 Å². The fraction of sp³-hybridized carbons (Fsp3) is 0.500. The molecule has 2 unspecified atom stereocenters. The summed E-state index contributed by atoms with van der Waals surface area (Å²) in [6.45, 7) is 5.32. The maximum atomic E-state index is 12.3. The lowest BCUT2D eigenvalue weighted by Crippen LogP contribution is -2.48. The highest BCUT2D eigenvalue weighted by Crippen LogP contribution is 2.28. The first-order valence-corrected chi connectivity index (χ1v) is 8.34. The molecule has 4 nitrogen and oxygen atoms in total.